The van der Waals surface area contributed by atoms with Crippen LogP contribution in [0.4, 0.5) is 0 Å². The zero-order chi connectivity index (χ0) is 14.7. The number of hydrogen-bond acceptors (Lipinski definition) is 4. The van der Waals surface area contributed by atoms with Gasteiger partial charge in [0, 0.05) is 18.9 Å². The molecule has 0 atom stereocenters. The maximum Gasteiger partial charge on any atom is 0.255 e. The summed E-state index contributed by atoms with van der Waals surface area (Å²) in [5, 5.41) is 15.8. The van der Waals surface area contributed by atoms with E-state index in [1.807, 2.05) is 6.07 Å². The monoisotopic (exact) mass is 277 g/mol. The first-order valence-corrected chi connectivity index (χ1v) is 6.32. The third-order valence-electron chi connectivity index (χ3n) is 3.08. The Labute approximate surface area is 120 Å². The molecule has 3 rings (SSSR count). The minimum Gasteiger partial charge on any atom is -0.348 e. The van der Waals surface area contributed by atoms with Gasteiger partial charge in [-0.25, -0.2) is 4.52 Å². The number of carbonyl (C=O) groups is 1. The zero-order valence-corrected chi connectivity index (χ0v) is 11.0. The van der Waals surface area contributed by atoms with E-state index in [0.29, 0.717) is 23.2 Å². The molecule has 0 saturated heterocycles. The molecule has 1 amide bonds. The lowest BCUT2D eigenvalue weighted by Gasteiger charge is -2.04. The van der Waals surface area contributed by atoms with E-state index in [1.165, 1.54) is 6.20 Å². The van der Waals surface area contributed by atoms with Crippen LogP contribution in [0, 0.1) is 11.3 Å². The van der Waals surface area contributed by atoms with Crippen LogP contribution < -0.4 is 5.32 Å². The Kier molecular flexibility index (Phi) is 3.31. The fourth-order valence-electron chi connectivity index (χ4n) is 2.04. The smallest absolute Gasteiger partial charge is 0.255 e. The molecule has 0 bridgehead atoms. The van der Waals surface area contributed by atoms with Crippen molar-refractivity contribution in [1.29, 1.82) is 5.26 Å². The second-order valence-electron chi connectivity index (χ2n) is 4.46. The molecule has 6 heteroatoms. The SMILES string of the molecule is N#Cc1cccc(CNC(=O)c2cnn3ccncc23)c1. The van der Waals surface area contributed by atoms with Gasteiger partial charge in [0.15, 0.2) is 0 Å². The van der Waals surface area contributed by atoms with Gasteiger partial charge in [-0.05, 0) is 17.7 Å². The molecule has 102 valence electrons. The zero-order valence-electron chi connectivity index (χ0n) is 11.0. The molecule has 6 nitrogen and oxygen atoms in total. The molecule has 0 unspecified atom stereocenters. The predicted octanol–water partition coefficient (Wildman–Crippen LogP) is 1.53. The molecule has 3 aromatic rings. The van der Waals surface area contributed by atoms with Gasteiger partial charge >= 0.3 is 0 Å². The summed E-state index contributed by atoms with van der Waals surface area (Å²) in [4.78, 5) is 16.2. The average Bonchev–Trinajstić information content (AvgIpc) is 2.97. The van der Waals surface area contributed by atoms with Crippen LogP contribution in [0.5, 0.6) is 0 Å². The summed E-state index contributed by atoms with van der Waals surface area (Å²) in [6, 6.07) is 9.20. The first-order chi connectivity index (χ1) is 10.3. The summed E-state index contributed by atoms with van der Waals surface area (Å²) in [7, 11) is 0. The van der Waals surface area contributed by atoms with E-state index >= 15 is 0 Å². The summed E-state index contributed by atoms with van der Waals surface area (Å²) < 4.78 is 1.60. The number of benzene rings is 1. The van der Waals surface area contributed by atoms with Crippen molar-refractivity contribution in [3.8, 4) is 6.07 Å². The topological polar surface area (TPSA) is 83.1 Å². The van der Waals surface area contributed by atoms with E-state index in [1.54, 1.807) is 41.3 Å². The van der Waals surface area contributed by atoms with Crippen LogP contribution in [0.25, 0.3) is 5.52 Å². The largest absolute Gasteiger partial charge is 0.348 e. The molecule has 0 aliphatic carbocycles. The van der Waals surface area contributed by atoms with Crippen LogP contribution in [0.15, 0.2) is 49.1 Å². The maximum atomic E-state index is 12.2. The van der Waals surface area contributed by atoms with Crippen molar-refractivity contribution >= 4 is 11.4 Å². The van der Waals surface area contributed by atoms with Crippen molar-refractivity contribution in [3.05, 3.63) is 65.7 Å². The Balaban J connectivity index is 1.76. The van der Waals surface area contributed by atoms with Crippen molar-refractivity contribution in [2.45, 2.75) is 6.54 Å². The quantitative estimate of drug-likeness (QED) is 0.787. The molecule has 0 saturated carbocycles. The van der Waals surface area contributed by atoms with Crippen LogP contribution in [0.2, 0.25) is 0 Å². The van der Waals surface area contributed by atoms with E-state index in [9.17, 15) is 4.79 Å². The lowest BCUT2D eigenvalue weighted by Crippen LogP contribution is -2.22. The lowest BCUT2D eigenvalue weighted by molar-refractivity contribution is 0.0952. The van der Waals surface area contributed by atoms with Crippen LogP contribution >= 0.6 is 0 Å². The van der Waals surface area contributed by atoms with Gasteiger partial charge in [-0.2, -0.15) is 10.4 Å². The molecule has 0 fully saturated rings. The Bertz CT molecular complexity index is 846. The standard InChI is InChI=1S/C15H11N5O/c16-7-11-2-1-3-12(6-11)8-18-15(21)13-9-19-20-5-4-17-10-14(13)20/h1-6,9-10H,8H2,(H,18,21). The summed E-state index contributed by atoms with van der Waals surface area (Å²) >= 11 is 0. The number of fused-ring (bicyclic) bond motifs is 1. The van der Waals surface area contributed by atoms with E-state index in [-0.39, 0.29) is 5.91 Å². The molecule has 2 heterocycles. The normalized spacial score (nSPS) is 10.2. The van der Waals surface area contributed by atoms with E-state index in [0.717, 1.165) is 5.56 Å². The van der Waals surface area contributed by atoms with Gasteiger partial charge in [0.05, 0.1) is 35.1 Å². The van der Waals surface area contributed by atoms with Gasteiger partial charge in [-0.1, -0.05) is 12.1 Å². The van der Waals surface area contributed by atoms with Gasteiger partial charge in [-0.15, -0.1) is 0 Å². The highest BCUT2D eigenvalue weighted by Crippen LogP contribution is 2.09. The van der Waals surface area contributed by atoms with Crippen molar-refractivity contribution in [2.24, 2.45) is 0 Å². The van der Waals surface area contributed by atoms with Crippen LogP contribution in [-0.4, -0.2) is 20.5 Å². The number of amides is 1. The van der Waals surface area contributed by atoms with Gasteiger partial charge in [0.25, 0.3) is 5.91 Å². The van der Waals surface area contributed by atoms with Crippen molar-refractivity contribution in [3.63, 3.8) is 0 Å². The second kappa shape index (κ2) is 5.43. The van der Waals surface area contributed by atoms with Gasteiger partial charge in [-0.3, -0.25) is 9.78 Å². The van der Waals surface area contributed by atoms with Crippen molar-refractivity contribution in [2.75, 3.05) is 0 Å². The van der Waals surface area contributed by atoms with E-state index < -0.39 is 0 Å². The van der Waals surface area contributed by atoms with E-state index in [2.05, 4.69) is 21.5 Å². The fraction of sp³-hybridized carbons (Fsp3) is 0.0667. The molecule has 1 N–H and O–H groups in total. The number of carbonyl (C=O) groups excluding carboxylic acids is 1. The summed E-state index contributed by atoms with van der Waals surface area (Å²) in [5.41, 5.74) is 2.57. The Morgan fingerprint density at radius 1 is 1.38 bits per heavy atom. The third kappa shape index (κ3) is 2.58. The van der Waals surface area contributed by atoms with Crippen molar-refractivity contribution < 1.29 is 4.79 Å². The summed E-state index contributed by atoms with van der Waals surface area (Å²) in [6.45, 7) is 0.353. The third-order valence-corrected chi connectivity index (χ3v) is 3.08. The van der Waals surface area contributed by atoms with Crippen LogP contribution in [-0.2, 0) is 6.54 Å². The Morgan fingerprint density at radius 2 is 2.29 bits per heavy atom. The molecule has 0 spiro atoms. The highest BCUT2D eigenvalue weighted by molar-refractivity contribution is 6.00. The second-order valence-corrected chi connectivity index (χ2v) is 4.46. The minimum atomic E-state index is -0.222. The molecule has 0 aliphatic heterocycles. The Hall–Kier alpha value is -3.20. The summed E-state index contributed by atoms with van der Waals surface area (Å²) in [5.74, 6) is -0.222. The maximum absolute atomic E-state index is 12.2. The first kappa shape index (κ1) is 12.8. The number of nitriles is 1. The van der Waals surface area contributed by atoms with Gasteiger partial charge < -0.3 is 5.32 Å². The minimum absolute atomic E-state index is 0.222. The van der Waals surface area contributed by atoms with E-state index in [4.69, 9.17) is 5.26 Å². The van der Waals surface area contributed by atoms with Gasteiger partial charge in [0.2, 0.25) is 0 Å². The number of rotatable bonds is 3. The number of nitrogens with one attached hydrogen (secondary N) is 1. The first-order valence-electron chi connectivity index (χ1n) is 6.32. The fourth-order valence-corrected chi connectivity index (χ4v) is 2.04. The number of hydrogen-bond donors (Lipinski definition) is 1. The van der Waals surface area contributed by atoms with Crippen LogP contribution in [0.1, 0.15) is 21.5 Å². The highest BCUT2D eigenvalue weighted by atomic mass is 16.1. The molecular weight excluding hydrogens is 266 g/mol. The molecule has 1 aromatic carbocycles. The van der Waals surface area contributed by atoms with Gasteiger partial charge in [0.1, 0.15) is 0 Å². The van der Waals surface area contributed by atoms with Crippen LogP contribution in [0.3, 0.4) is 0 Å². The number of aromatic nitrogens is 3. The Morgan fingerprint density at radius 3 is 3.14 bits per heavy atom. The lowest BCUT2D eigenvalue weighted by atomic mass is 10.1. The molecular formula is C15H11N5O. The predicted molar refractivity (Wildman–Crippen MR) is 75.3 cm³/mol. The molecule has 2 aromatic heterocycles. The number of nitrogens with zero attached hydrogens (tertiary/aromatic N) is 4. The van der Waals surface area contributed by atoms with Crippen molar-refractivity contribution in [1.82, 2.24) is 19.9 Å². The molecule has 0 radical (unpaired) electrons. The average molecular weight is 277 g/mol. The molecule has 21 heavy (non-hydrogen) atoms. The molecule has 0 aliphatic rings. The summed E-state index contributed by atoms with van der Waals surface area (Å²) in [6.07, 6.45) is 6.40. The highest BCUT2D eigenvalue weighted by Gasteiger charge is 2.12.